The minimum atomic E-state index is -4.51. The third-order valence-electron chi connectivity index (χ3n) is 15.1. The van der Waals surface area contributed by atoms with Crippen molar-refractivity contribution < 1.29 is 74.7 Å². The molecule has 0 radical (unpaired) electrons. The van der Waals surface area contributed by atoms with Crippen molar-refractivity contribution in [1.29, 1.82) is 0 Å². The van der Waals surface area contributed by atoms with Gasteiger partial charge in [0.1, 0.15) is 36.4 Å². The predicted octanol–water partition coefficient (Wildman–Crippen LogP) is 12.2. The quantitative estimate of drug-likeness (QED) is 0.0911. The Hall–Kier alpha value is -6.83. The van der Waals surface area contributed by atoms with Crippen molar-refractivity contribution in [3.63, 3.8) is 0 Å². The first-order chi connectivity index (χ1) is 37.3. The van der Waals surface area contributed by atoms with Gasteiger partial charge in [-0.2, -0.15) is 26.3 Å². The number of benzene rings is 4. The molecule has 428 valence electrons. The molecule has 0 spiro atoms. The van der Waals surface area contributed by atoms with Crippen LogP contribution in [-0.2, 0) is 62.3 Å². The Kier molecular flexibility index (Phi) is 19.3. The zero-order chi connectivity index (χ0) is 57.4. The summed E-state index contributed by atoms with van der Waals surface area (Å²) in [6, 6.07) is 16.9. The van der Waals surface area contributed by atoms with Crippen molar-refractivity contribution in [2.24, 2.45) is 0 Å². The number of alkyl halides is 6. The molecule has 4 aliphatic rings. The van der Waals surface area contributed by atoms with E-state index in [-0.39, 0.29) is 55.0 Å². The molecule has 4 aromatic rings. The van der Waals surface area contributed by atoms with Gasteiger partial charge in [0.2, 0.25) is 5.91 Å². The van der Waals surface area contributed by atoms with Crippen LogP contribution >= 0.6 is 0 Å². The zero-order valence-corrected chi connectivity index (χ0v) is 45.2. The molecule has 3 N–H and O–H groups in total. The van der Waals surface area contributed by atoms with Crippen LogP contribution in [0, 0.1) is 0 Å². The molecule has 2 aliphatic carbocycles. The highest BCUT2D eigenvalue weighted by molar-refractivity contribution is 6.02. The minimum Gasteiger partial charge on any atom is -0.489 e. The Morgan fingerprint density at radius 3 is 1.44 bits per heavy atom. The summed E-state index contributed by atoms with van der Waals surface area (Å²) in [6.07, 6.45) is 0.289. The Morgan fingerprint density at radius 1 is 0.620 bits per heavy atom. The number of nitrogens with zero attached hydrogens (tertiary/aromatic N) is 3. The summed E-state index contributed by atoms with van der Waals surface area (Å²) in [5.74, 6) is -2.14. The molecule has 2 heterocycles. The summed E-state index contributed by atoms with van der Waals surface area (Å²) in [4.78, 5) is 65.5. The highest BCUT2D eigenvalue weighted by Crippen LogP contribution is 2.41. The van der Waals surface area contributed by atoms with Crippen LogP contribution in [0.3, 0.4) is 0 Å². The average molecular weight is 1110 g/mol. The molecule has 2 aliphatic heterocycles. The monoisotopic (exact) mass is 1110 g/mol. The standard InChI is InChI=1S/C32H39F3N2O6.C27H31F3N2O4/c1-31(2,3)43-30(41)36(4)27(18-28(38)39)29(40)37-15-14-22-16-24(12-13-26(22)37)42-19-23-11-10-21(17-25(23)32(33,34)35)20-8-6-5-7-9-20;1-31-23(15-25(33)34)26(35)32-12-11-19-13-21(9-10-24(19)32)36-16-20-8-7-18(14-22(20)27(28,29)30)17-5-3-2-4-6-17/h10-13,16-17,20,27H,5-9,14-15,18-19H2,1-4H3,(H,38,39);7-10,13-14,17,23,31H,2-6,11-12,15-16H2,1H3,(H,33,34)/t27-;23-/m11/s1. The maximum absolute atomic E-state index is 14.0. The number of fused-ring (bicyclic) bond motifs is 2. The van der Waals surface area contributed by atoms with Gasteiger partial charge >= 0.3 is 30.4 Å². The van der Waals surface area contributed by atoms with E-state index in [0.717, 1.165) is 91.4 Å². The highest BCUT2D eigenvalue weighted by Gasteiger charge is 2.39. The van der Waals surface area contributed by atoms with Gasteiger partial charge < -0.3 is 39.5 Å². The number of carbonyl (C=O) groups excluding carboxylic acids is 3. The molecular weight excluding hydrogens is 1040 g/mol. The van der Waals surface area contributed by atoms with Gasteiger partial charge in [0.25, 0.3) is 5.91 Å². The number of carboxylic acids is 2. The van der Waals surface area contributed by atoms with Crippen LogP contribution in [0.1, 0.15) is 154 Å². The van der Waals surface area contributed by atoms with E-state index in [4.69, 9.17) is 19.3 Å². The number of anilines is 2. The summed E-state index contributed by atoms with van der Waals surface area (Å²) in [6.45, 7) is 5.15. The van der Waals surface area contributed by atoms with Crippen molar-refractivity contribution >= 4 is 41.2 Å². The van der Waals surface area contributed by atoms with Crippen LogP contribution in [0.5, 0.6) is 11.5 Å². The molecule has 2 fully saturated rings. The molecular formula is C59H70F6N4O10. The first-order valence-electron chi connectivity index (χ1n) is 26.9. The fraction of sp³-hybridized carbons (Fsp3) is 0.508. The second-order valence-electron chi connectivity index (χ2n) is 21.8. The smallest absolute Gasteiger partial charge is 0.416 e. The Bertz CT molecular complexity index is 2840. The Morgan fingerprint density at radius 2 is 1.05 bits per heavy atom. The van der Waals surface area contributed by atoms with Gasteiger partial charge in [-0.3, -0.25) is 24.1 Å². The molecule has 0 saturated heterocycles. The number of halogens is 6. The van der Waals surface area contributed by atoms with E-state index >= 15 is 0 Å². The van der Waals surface area contributed by atoms with Crippen LogP contribution < -0.4 is 24.6 Å². The number of ether oxygens (including phenoxy) is 3. The summed E-state index contributed by atoms with van der Waals surface area (Å²) < 4.78 is 100. The lowest BCUT2D eigenvalue weighted by Gasteiger charge is -2.31. The molecule has 79 heavy (non-hydrogen) atoms. The molecule has 14 nitrogen and oxygen atoms in total. The zero-order valence-electron chi connectivity index (χ0n) is 45.2. The number of carboxylic acid groups (broad SMARTS) is 2. The van der Waals surface area contributed by atoms with Crippen molar-refractivity contribution in [2.75, 3.05) is 37.0 Å². The molecule has 3 amide bonds. The molecule has 20 heteroatoms. The normalized spacial score (nSPS) is 16.7. The number of hydrogen-bond donors (Lipinski definition) is 3. The lowest BCUT2D eigenvalue weighted by molar-refractivity contribution is -0.141. The van der Waals surface area contributed by atoms with Crippen molar-refractivity contribution in [2.45, 2.75) is 166 Å². The first-order valence-corrected chi connectivity index (χ1v) is 26.9. The lowest BCUT2D eigenvalue weighted by Crippen LogP contribution is -2.51. The summed E-state index contributed by atoms with van der Waals surface area (Å²) >= 11 is 0. The number of nitrogens with one attached hydrogen (secondary N) is 1. The third kappa shape index (κ3) is 15.5. The van der Waals surface area contributed by atoms with Crippen LogP contribution in [0.15, 0.2) is 72.8 Å². The second kappa shape index (κ2) is 25.5. The molecule has 0 bridgehead atoms. The maximum atomic E-state index is 14.0. The number of amides is 3. The second-order valence-corrected chi connectivity index (χ2v) is 21.8. The summed E-state index contributed by atoms with van der Waals surface area (Å²) in [7, 11) is 2.86. The van der Waals surface area contributed by atoms with E-state index in [0.29, 0.717) is 42.3 Å². The van der Waals surface area contributed by atoms with Crippen LogP contribution in [-0.4, -0.2) is 89.8 Å². The lowest BCUT2D eigenvalue weighted by atomic mass is 9.83. The SMILES string of the molecule is CN(C(=O)OC(C)(C)C)[C@H](CC(=O)O)C(=O)N1CCc2cc(OCc3ccc(C4CCCCC4)cc3C(F)(F)F)ccc21.CN[C@H](CC(=O)O)C(=O)N1CCc2cc(OCc3ccc(C4CCCCC4)cc3C(F)(F)F)ccc21. The Labute approximate surface area is 456 Å². The van der Waals surface area contributed by atoms with Crippen LogP contribution in [0.25, 0.3) is 0 Å². The fourth-order valence-corrected chi connectivity index (χ4v) is 10.9. The molecule has 4 aromatic carbocycles. The maximum Gasteiger partial charge on any atom is 0.416 e. The van der Waals surface area contributed by atoms with Gasteiger partial charge in [0, 0.05) is 42.6 Å². The van der Waals surface area contributed by atoms with E-state index in [2.05, 4.69) is 5.32 Å². The van der Waals surface area contributed by atoms with Crippen molar-refractivity contribution in [1.82, 2.24) is 10.2 Å². The van der Waals surface area contributed by atoms with Gasteiger partial charge in [-0.1, -0.05) is 62.8 Å². The summed E-state index contributed by atoms with van der Waals surface area (Å²) in [5.41, 5.74) is 2.16. The highest BCUT2D eigenvalue weighted by atomic mass is 19.4. The molecule has 2 atom stereocenters. The van der Waals surface area contributed by atoms with Gasteiger partial charge in [0.15, 0.2) is 0 Å². The molecule has 0 unspecified atom stereocenters. The first kappa shape index (κ1) is 59.8. The van der Waals surface area contributed by atoms with E-state index in [1.165, 1.54) is 48.2 Å². The summed E-state index contributed by atoms with van der Waals surface area (Å²) in [5, 5.41) is 21.2. The van der Waals surface area contributed by atoms with Crippen LogP contribution in [0.2, 0.25) is 0 Å². The van der Waals surface area contributed by atoms with Gasteiger partial charge in [0.05, 0.1) is 30.0 Å². The van der Waals surface area contributed by atoms with Gasteiger partial charge in [-0.25, -0.2) is 4.79 Å². The number of aliphatic carboxylic acids is 2. The molecule has 0 aromatic heterocycles. The van der Waals surface area contributed by atoms with E-state index in [1.807, 2.05) is 0 Å². The van der Waals surface area contributed by atoms with Gasteiger partial charge in [-0.15, -0.1) is 0 Å². The van der Waals surface area contributed by atoms with E-state index in [1.54, 1.807) is 69.3 Å². The number of carbonyl (C=O) groups is 5. The molecule has 2 saturated carbocycles. The average Bonchev–Trinajstić information content (AvgIpc) is 4.14. The largest absolute Gasteiger partial charge is 0.489 e. The third-order valence-corrected chi connectivity index (χ3v) is 15.1. The van der Waals surface area contributed by atoms with E-state index in [9.17, 15) is 55.4 Å². The van der Waals surface area contributed by atoms with Crippen LogP contribution in [0.4, 0.5) is 42.5 Å². The van der Waals surface area contributed by atoms with Crippen molar-refractivity contribution in [3.05, 3.63) is 117 Å². The molecule has 8 rings (SSSR count). The minimum absolute atomic E-state index is 0.0473. The number of rotatable bonds is 16. The fourth-order valence-electron chi connectivity index (χ4n) is 10.9. The number of likely N-dealkylation sites (N-methyl/N-ethyl adjacent to an activating group) is 2. The number of hydrogen-bond acceptors (Lipinski definition) is 9. The van der Waals surface area contributed by atoms with Crippen molar-refractivity contribution in [3.8, 4) is 11.5 Å². The Balaban J connectivity index is 0.000000232. The predicted molar refractivity (Wildman–Crippen MR) is 283 cm³/mol. The topological polar surface area (TPSA) is 175 Å². The van der Waals surface area contributed by atoms with E-state index < -0.39 is 71.5 Å². The van der Waals surface area contributed by atoms with Gasteiger partial charge in [-0.05, 0) is 149 Å².